The Bertz CT molecular complexity index is 533. The molecule has 3 nitrogen and oxygen atoms in total. The number of hydrogen-bond donors (Lipinski definition) is 0. The first-order valence-corrected chi connectivity index (χ1v) is 9.24. The van der Waals surface area contributed by atoms with Crippen molar-refractivity contribution in [1.29, 1.82) is 0 Å². The summed E-state index contributed by atoms with van der Waals surface area (Å²) in [6, 6.07) is 8.16. The van der Waals surface area contributed by atoms with Gasteiger partial charge in [0, 0.05) is 29.6 Å². The molecule has 1 aromatic carbocycles. The summed E-state index contributed by atoms with van der Waals surface area (Å²) in [6.07, 6.45) is 9.47. The summed E-state index contributed by atoms with van der Waals surface area (Å²) < 4.78 is 5.41. The molecule has 1 saturated heterocycles. The number of nitrogens with zero attached hydrogens (tertiary/aromatic N) is 1. The van der Waals surface area contributed by atoms with Crippen molar-refractivity contribution in [3.8, 4) is 0 Å². The van der Waals surface area contributed by atoms with Crippen molar-refractivity contribution in [2.75, 3.05) is 32.6 Å². The lowest BCUT2D eigenvalue weighted by Crippen LogP contribution is -2.43. The second-order valence-corrected chi connectivity index (χ2v) is 6.44. The van der Waals surface area contributed by atoms with Crippen LogP contribution in [0.2, 0.25) is 0 Å². The van der Waals surface area contributed by atoms with Gasteiger partial charge in [-0.15, -0.1) is 18.3 Å². The van der Waals surface area contributed by atoms with Gasteiger partial charge in [-0.3, -0.25) is 9.69 Å². The van der Waals surface area contributed by atoms with Gasteiger partial charge in [0.05, 0.1) is 13.2 Å². The summed E-state index contributed by atoms with van der Waals surface area (Å²) in [5.41, 5.74) is 0.741. The van der Waals surface area contributed by atoms with Crippen LogP contribution in [0.1, 0.15) is 23.2 Å². The third kappa shape index (κ3) is 5.65. The fraction of sp³-hybridized carbons (Fsp3) is 0.421. The highest BCUT2D eigenvalue weighted by Gasteiger charge is 2.18. The van der Waals surface area contributed by atoms with Gasteiger partial charge in [-0.2, -0.15) is 0 Å². The lowest BCUT2D eigenvalue weighted by atomic mass is 10.1. The summed E-state index contributed by atoms with van der Waals surface area (Å²) in [4.78, 5) is 15.8. The number of carbonyl (C=O) groups is 1. The molecular weight excluding hydrogens is 306 g/mol. The number of carbonyl (C=O) groups excluding carboxylic acids is 1. The SMILES string of the molecule is C=CCC(CC=CC(=O)c1ccc(SC)cc1)N1CCOCC1. The minimum Gasteiger partial charge on any atom is -0.379 e. The van der Waals surface area contributed by atoms with Crippen LogP contribution < -0.4 is 0 Å². The molecule has 1 aliphatic heterocycles. The lowest BCUT2D eigenvalue weighted by molar-refractivity contribution is 0.0177. The van der Waals surface area contributed by atoms with Crippen LogP contribution in [0.25, 0.3) is 0 Å². The number of hydrogen-bond acceptors (Lipinski definition) is 4. The first kappa shape index (κ1) is 18.0. The van der Waals surface area contributed by atoms with E-state index < -0.39 is 0 Å². The van der Waals surface area contributed by atoms with E-state index in [-0.39, 0.29) is 5.78 Å². The average Bonchev–Trinajstić information content (AvgIpc) is 2.61. The first-order valence-electron chi connectivity index (χ1n) is 8.02. The normalized spacial score (nSPS) is 17.3. The highest BCUT2D eigenvalue weighted by molar-refractivity contribution is 7.98. The van der Waals surface area contributed by atoms with Gasteiger partial charge in [0.2, 0.25) is 0 Å². The van der Waals surface area contributed by atoms with Crippen molar-refractivity contribution in [1.82, 2.24) is 4.90 Å². The molecule has 0 bridgehead atoms. The largest absolute Gasteiger partial charge is 0.379 e. The summed E-state index contributed by atoms with van der Waals surface area (Å²) in [6.45, 7) is 7.34. The maximum absolute atomic E-state index is 12.2. The van der Waals surface area contributed by atoms with E-state index in [9.17, 15) is 4.79 Å². The van der Waals surface area contributed by atoms with Crippen LogP contribution in [-0.4, -0.2) is 49.3 Å². The van der Waals surface area contributed by atoms with Gasteiger partial charge in [0.25, 0.3) is 0 Å². The monoisotopic (exact) mass is 331 g/mol. The Labute approximate surface area is 143 Å². The zero-order valence-electron chi connectivity index (χ0n) is 13.7. The zero-order chi connectivity index (χ0) is 16.5. The Morgan fingerprint density at radius 2 is 2.00 bits per heavy atom. The molecular formula is C19H25NO2S. The van der Waals surface area contributed by atoms with Gasteiger partial charge in [-0.25, -0.2) is 0 Å². The molecule has 1 aromatic rings. The van der Waals surface area contributed by atoms with Gasteiger partial charge in [0.1, 0.15) is 0 Å². The quantitative estimate of drug-likeness (QED) is 0.313. The van der Waals surface area contributed by atoms with Crippen LogP contribution in [0.5, 0.6) is 0 Å². The second kappa shape index (κ2) is 9.71. The average molecular weight is 331 g/mol. The number of rotatable bonds is 8. The Morgan fingerprint density at radius 1 is 1.30 bits per heavy atom. The number of ketones is 1. The molecule has 0 spiro atoms. The summed E-state index contributed by atoms with van der Waals surface area (Å²) >= 11 is 1.68. The molecule has 1 atom stereocenters. The van der Waals surface area contributed by atoms with Crippen molar-refractivity contribution in [2.24, 2.45) is 0 Å². The third-order valence-electron chi connectivity index (χ3n) is 4.05. The van der Waals surface area contributed by atoms with E-state index in [1.807, 2.05) is 42.7 Å². The van der Waals surface area contributed by atoms with Crippen molar-refractivity contribution >= 4 is 17.5 Å². The van der Waals surface area contributed by atoms with E-state index in [2.05, 4.69) is 11.5 Å². The molecule has 4 heteroatoms. The fourth-order valence-corrected chi connectivity index (χ4v) is 3.12. The van der Waals surface area contributed by atoms with Crippen LogP contribution in [-0.2, 0) is 4.74 Å². The van der Waals surface area contributed by atoms with E-state index in [0.717, 1.165) is 44.7 Å². The van der Waals surface area contributed by atoms with Crippen molar-refractivity contribution in [3.63, 3.8) is 0 Å². The minimum absolute atomic E-state index is 0.0667. The Morgan fingerprint density at radius 3 is 2.61 bits per heavy atom. The standard InChI is InChI=1S/C19H25NO2S/c1-3-5-17(20-12-14-22-15-13-20)6-4-7-19(21)16-8-10-18(23-2)11-9-16/h3-4,7-11,17H,1,5-6,12-15H2,2H3. The lowest BCUT2D eigenvalue weighted by Gasteiger charge is -2.33. The van der Waals surface area contributed by atoms with Crippen LogP contribution in [0, 0.1) is 0 Å². The Hall–Kier alpha value is -1.36. The van der Waals surface area contributed by atoms with Crippen LogP contribution >= 0.6 is 11.8 Å². The zero-order valence-corrected chi connectivity index (χ0v) is 14.6. The number of thioether (sulfide) groups is 1. The van der Waals surface area contributed by atoms with Gasteiger partial charge in [-0.05, 0) is 49.4 Å². The van der Waals surface area contributed by atoms with Crippen molar-refractivity contribution in [3.05, 3.63) is 54.6 Å². The molecule has 0 amide bonds. The molecule has 0 aromatic heterocycles. The smallest absolute Gasteiger partial charge is 0.185 e. The van der Waals surface area contributed by atoms with Gasteiger partial charge < -0.3 is 4.74 Å². The highest BCUT2D eigenvalue weighted by atomic mass is 32.2. The van der Waals surface area contributed by atoms with Crippen molar-refractivity contribution < 1.29 is 9.53 Å². The number of ether oxygens (including phenoxy) is 1. The van der Waals surface area contributed by atoms with Crippen LogP contribution in [0.3, 0.4) is 0 Å². The first-order chi connectivity index (χ1) is 11.2. The maximum atomic E-state index is 12.2. The molecule has 1 fully saturated rings. The predicted octanol–water partition coefficient (Wildman–Crippen LogP) is 3.81. The van der Waals surface area contributed by atoms with E-state index in [1.165, 1.54) is 4.90 Å². The molecule has 1 unspecified atom stereocenters. The topological polar surface area (TPSA) is 29.5 Å². The molecule has 0 aliphatic carbocycles. The molecule has 0 radical (unpaired) electrons. The van der Waals surface area contributed by atoms with Crippen LogP contribution in [0.15, 0.2) is 54.0 Å². The minimum atomic E-state index is 0.0667. The van der Waals surface area contributed by atoms with E-state index >= 15 is 0 Å². The molecule has 1 heterocycles. The van der Waals surface area contributed by atoms with E-state index in [0.29, 0.717) is 6.04 Å². The third-order valence-corrected chi connectivity index (χ3v) is 4.80. The number of allylic oxidation sites excluding steroid dienone is 1. The Kier molecular flexibility index (Phi) is 7.59. The summed E-state index contributed by atoms with van der Waals surface area (Å²) in [5.74, 6) is 0.0667. The van der Waals surface area contributed by atoms with Gasteiger partial charge >= 0.3 is 0 Å². The Balaban J connectivity index is 1.91. The summed E-state index contributed by atoms with van der Waals surface area (Å²) in [7, 11) is 0. The van der Waals surface area contributed by atoms with E-state index in [1.54, 1.807) is 17.8 Å². The number of benzene rings is 1. The number of morpholine rings is 1. The predicted molar refractivity (Wildman–Crippen MR) is 97.3 cm³/mol. The maximum Gasteiger partial charge on any atom is 0.185 e. The molecule has 0 N–H and O–H groups in total. The molecule has 1 aliphatic rings. The molecule has 2 rings (SSSR count). The van der Waals surface area contributed by atoms with Gasteiger partial charge in [0.15, 0.2) is 5.78 Å². The second-order valence-electron chi connectivity index (χ2n) is 5.56. The molecule has 0 saturated carbocycles. The van der Waals surface area contributed by atoms with Crippen LogP contribution in [0.4, 0.5) is 0 Å². The summed E-state index contributed by atoms with van der Waals surface area (Å²) in [5, 5.41) is 0. The fourth-order valence-electron chi connectivity index (χ4n) is 2.71. The van der Waals surface area contributed by atoms with E-state index in [4.69, 9.17) is 4.74 Å². The van der Waals surface area contributed by atoms with Crippen molar-refractivity contribution in [2.45, 2.75) is 23.8 Å². The molecule has 23 heavy (non-hydrogen) atoms. The highest BCUT2D eigenvalue weighted by Crippen LogP contribution is 2.16. The molecule has 124 valence electrons. The van der Waals surface area contributed by atoms with Gasteiger partial charge in [-0.1, -0.05) is 12.2 Å².